The molecule has 0 amide bonds. The fourth-order valence-corrected chi connectivity index (χ4v) is 2.72. The minimum atomic E-state index is -4.36. The maximum absolute atomic E-state index is 12.9. The predicted octanol–water partition coefficient (Wildman–Crippen LogP) is 3.75. The van der Waals surface area contributed by atoms with Gasteiger partial charge in [-0.2, -0.15) is 18.3 Å². The van der Waals surface area contributed by atoms with Crippen molar-refractivity contribution in [1.29, 1.82) is 0 Å². The van der Waals surface area contributed by atoms with Gasteiger partial charge in [0.25, 0.3) is 0 Å². The van der Waals surface area contributed by atoms with Gasteiger partial charge in [0.05, 0.1) is 12.1 Å². The fourth-order valence-electron chi connectivity index (χ4n) is 2.72. The first kappa shape index (κ1) is 20.4. The van der Waals surface area contributed by atoms with Crippen molar-refractivity contribution in [1.82, 2.24) is 25.8 Å². The number of benzene rings is 2. The number of nitrogens with one attached hydrogen (secondary N) is 3. The Balaban J connectivity index is 1.67. The van der Waals surface area contributed by atoms with Crippen molar-refractivity contribution in [2.24, 2.45) is 4.99 Å². The summed E-state index contributed by atoms with van der Waals surface area (Å²) in [6, 6.07) is 13.0. The van der Waals surface area contributed by atoms with Crippen molar-refractivity contribution >= 4 is 5.96 Å². The number of aromatic amines is 1. The van der Waals surface area contributed by atoms with Gasteiger partial charge in [-0.1, -0.05) is 30.3 Å². The Hall–Kier alpha value is -3.36. The molecule has 0 unspecified atom stereocenters. The van der Waals surface area contributed by atoms with E-state index in [2.05, 4.69) is 30.8 Å². The van der Waals surface area contributed by atoms with Gasteiger partial charge in [-0.05, 0) is 36.2 Å². The Morgan fingerprint density at radius 3 is 2.59 bits per heavy atom. The Labute approximate surface area is 166 Å². The zero-order valence-electron chi connectivity index (χ0n) is 15.8. The summed E-state index contributed by atoms with van der Waals surface area (Å²) in [5.74, 6) is 1.20. The molecule has 0 saturated carbocycles. The SMILES string of the molecule is CCNC(=NCc1cccc(C(F)(F)F)c1)NCc1cccc(-c2ncn[nH]2)c1. The summed E-state index contributed by atoms with van der Waals surface area (Å²) in [5.41, 5.74) is 1.73. The van der Waals surface area contributed by atoms with Gasteiger partial charge >= 0.3 is 6.18 Å². The number of hydrogen-bond acceptors (Lipinski definition) is 3. The summed E-state index contributed by atoms with van der Waals surface area (Å²) < 4.78 is 38.6. The van der Waals surface area contributed by atoms with Crippen LogP contribution in [0.25, 0.3) is 11.4 Å². The second-order valence-corrected chi connectivity index (χ2v) is 6.28. The molecule has 1 heterocycles. The van der Waals surface area contributed by atoms with Crippen LogP contribution in [-0.4, -0.2) is 27.7 Å². The molecule has 0 radical (unpaired) electrons. The Morgan fingerprint density at radius 2 is 1.86 bits per heavy atom. The predicted molar refractivity (Wildman–Crippen MR) is 105 cm³/mol. The molecule has 0 aliphatic rings. The molecule has 0 aliphatic heterocycles. The summed E-state index contributed by atoms with van der Waals surface area (Å²) in [6.07, 6.45) is -2.92. The van der Waals surface area contributed by atoms with E-state index in [9.17, 15) is 13.2 Å². The molecular formula is C20H21F3N6. The summed E-state index contributed by atoms with van der Waals surface area (Å²) in [6.45, 7) is 3.19. The van der Waals surface area contributed by atoms with Crippen LogP contribution in [0.4, 0.5) is 13.2 Å². The number of halogens is 3. The van der Waals surface area contributed by atoms with Gasteiger partial charge in [0.1, 0.15) is 6.33 Å². The zero-order valence-corrected chi connectivity index (χ0v) is 15.8. The van der Waals surface area contributed by atoms with E-state index >= 15 is 0 Å². The van der Waals surface area contributed by atoms with Crippen molar-refractivity contribution in [2.45, 2.75) is 26.2 Å². The molecule has 0 bridgehead atoms. The number of H-pyrrole nitrogens is 1. The molecule has 3 N–H and O–H groups in total. The van der Waals surface area contributed by atoms with Crippen molar-refractivity contribution in [2.75, 3.05) is 6.54 Å². The van der Waals surface area contributed by atoms with E-state index in [1.165, 1.54) is 12.4 Å². The average Bonchev–Trinajstić information content (AvgIpc) is 3.25. The molecule has 6 nitrogen and oxygen atoms in total. The molecule has 2 aromatic carbocycles. The third kappa shape index (κ3) is 5.81. The van der Waals surface area contributed by atoms with E-state index < -0.39 is 11.7 Å². The van der Waals surface area contributed by atoms with Gasteiger partial charge in [0.2, 0.25) is 0 Å². The van der Waals surface area contributed by atoms with Crippen LogP contribution < -0.4 is 10.6 Å². The topological polar surface area (TPSA) is 78.0 Å². The van der Waals surface area contributed by atoms with Crippen LogP contribution in [0.1, 0.15) is 23.6 Å². The quantitative estimate of drug-likeness (QED) is 0.434. The summed E-state index contributed by atoms with van der Waals surface area (Å²) in [4.78, 5) is 8.53. The molecular weight excluding hydrogens is 381 g/mol. The summed E-state index contributed by atoms with van der Waals surface area (Å²) in [7, 11) is 0. The average molecular weight is 402 g/mol. The number of aromatic nitrogens is 3. The highest BCUT2D eigenvalue weighted by Gasteiger charge is 2.30. The smallest absolute Gasteiger partial charge is 0.357 e. The second kappa shape index (κ2) is 9.22. The van der Waals surface area contributed by atoms with E-state index in [1.807, 2.05) is 31.2 Å². The fraction of sp³-hybridized carbons (Fsp3) is 0.250. The highest BCUT2D eigenvalue weighted by molar-refractivity contribution is 5.79. The van der Waals surface area contributed by atoms with E-state index in [4.69, 9.17) is 0 Å². The molecule has 29 heavy (non-hydrogen) atoms. The monoisotopic (exact) mass is 402 g/mol. The number of hydrogen-bond donors (Lipinski definition) is 3. The molecule has 0 saturated heterocycles. The van der Waals surface area contributed by atoms with E-state index in [0.717, 1.165) is 23.3 Å². The zero-order chi connectivity index (χ0) is 20.7. The van der Waals surface area contributed by atoms with Gasteiger partial charge in [-0.3, -0.25) is 5.10 Å². The highest BCUT2D eigenvalue weighted by Crippen LogP contribution is 2.29. The standard InChI is InChI=1S/C20H21F3N6/c1-2-24-19(26-12-15-6-4-8-17(10-15)20(21,22)23)25-11-14-5-3-7-16(9-14)18-27-13-28-29-18/h3-10,13H,2,11-12H2,1H3,(H2,24,25,26)(H,27,28,29). The Morgan fingerprint density at radius 1 is 1.07 bits per heavy atom. The number of alkyl halides is 3. The normalized spacial score (nSPS) is 12.1. The second-order valence-electron chi connectivity index (χ2n) is 6.28. The minimum absolute atomic E-state index is 0.136. The lowest BCUT2D eigenvalue weighted by Crippen LogP contribution is -2.36. The van der Waals surface area contributed by atoms with Crippen molar-refractivity contribution in [3.63, 3.8) is 0 Å². The molecule has 0 spiro atoms. The lowest BCUT2D eigenvalue weighted by molar-refractivity contribution is -0.137. The van der Waals surface area contributed by atoms with Crippen LogP contribution in [0.3, 0.4) is 0 Å². The third-order valence-electron chi connectivity index (χ3n) is 4.09. The van der Waals surface area contributed by atoms with Crippen LogP contribution in [0, 0.1) is 0 Å². The largest absolute Gasteiger partial charge is 0.416 e. The highest BCUT2D eigenvalue weighted by atomic mass is 19.4. The van der Waals surface area contributed by atoms with Crippen LogP contribution in [0.5, 0.6) is 0 Å². The van der Waals surface area contributed by atoms with Gasteiger partial charge in [-0.15, -0.1) is 0 Å². The van der Waals surface area contributed by atoms with Gasteiger partial charge in [0.15, 0.2) is 11.8 Å². The first-order chi connectivity index (χ1) is 14.0. The molecule has 1 aromatic heterocycles. The first-order valence-electron chi connectivity index (χ1n) is 9.08. The maximum Gasteiger partial charge on any atom is 0.416 e. The molecule has 0 atom stereocenters. The van der Waals surface area contributed by atoms with Crippen LogP contribution in [0.15, 0.2) is 59.9 Å². The molecule has 152 valence electrons. The maximum atomic E-state index is 12.9. The Bertz CT molecular complexity index is 951. The molecule has 0 fully saturated rings. The van der Waals surface area contributed by atoms with Crippen molar-refractivity contribution < 1.29 is 13.2 Å². The number of guanidine groups is 1. The number of rotatable bonds is 6. The molecule has 9 heteroatoms. The number of nitrogens with zero attached hydrogens (tertiary/aromatic N) is 3. The van der Waals surface area contributed by atoms with Crippen molar-refractivity contribution in [3.05, 3.63) is 71.5 Å². The van der Waals surface area contributed by atoms with Gasteiger partial charge in [0, 0.05) is 18.7 Å². The molecule has 3 aromatic rings. The molecule has 0 aliphatic carbocycles. The van der Waals surface area contributed by atoms with Crippen LogP contribution in [-0.2, 0) is 19.3 Å². The van der Waals surface area contributed by atoms with Crippen molar-refractivity contribution in [3.8, 4) is 11.4 Å². The van der Waals surface area contributed by atoms with Crippen LogP contribution in [0.2, 0.25) is 0 Å². The van der Waals surface area contributed by atoms with Gasteiger partial charge in [-0.25, -0.2) is 9.98 Å². The van der Waals surface area contributed by atoms with E-state index in [-0.39, 0.29) is 6.54 Å². The first-order valence-corrected chi connectivity index (χ1v) is 9.08. The molecule has 3 rings (SSSR count). The van der Waals surface area contributed by atoms with Gasteiger partial charge < -0.3 is 10.6 Å². The lowest BCUT2D eigenvalue weighted by atomic mass is 10.1. The Kier molecular flexibility index (Phi) is 6.48. The van der Waals surface area contributed by atoms with E-state index in [0.29, 0.717) is 30.4 Å². The minimum Gasteiger partial charge on any atom is -0.357 e. The third-order valence-corrected chi connectivity index (χ3v) is 4.09. The summed E-state index contributed by atoms with van der Waals surface area (Å²) >= 11 is 0. The lowest BCUT2D eigenvalue weighted by Gasteiger charge is -2.12. The van der Waals surface area contributed by atoms with E-state index in [1.54, 1.807) is 6.07 Å². The number of aliphatic imine (C=N–C) groups is 1. The summed E-state index contributed by atoms with van der Waals surface area (Å²) in [5, 5.41) is 13.0. The van der Waals surface area contributed by atoms with Crippen LogP contribution >= 0.6 is 0 Å².